The number of methoxy groups -OCH3 is 2. The van der Waals surface area contributed by atoms with E-state index in [1.165, 1.54) is 17.4 Å². The van der Waals surface area contributed by atoms with Crippen molar-refractivity contribution < 1.29 is 33.3 Å². The fourth-order valence-corrected chi connectivity index (χ4v) is 5.21. The number of aryl methyl sites for hydroxylation is 1. The Bertz CT molecular complexity index is 1090. The quantitative estimate of drug-likeness (QED) is 0.408. The zero-order chi connectivity index (χ0) is 24.7. The minimum Gasteiger partial charge on any atom is -0.497 e. The molecule has 1 unspecified atom stereocenters. The van der Waals surface area contributed by atoms with Crippen molar-refractivity contribution in [3.8, 4) is 11.5 Å². The summed E-state index contributed by atoms with van der Waals surface area (Å²) in [5.74, 6) is -0.703. The number of thiophene rings is 1. The molecule has 182 valence electrons. The lowest BCUT2D eigenvalue weighted by atomic mass is 9.85. The first kappa shape index (κ1) is 25.3. The topological polar surface area (TPSA) is 100 Å². The number of amides is 1. The first-order valence-electron chi connectivity index (χ1n) is 11.1. The Hall–Kier alpha value is -3.33. The van der Waals surface area contributed by atoms with Gasteiger partial charge in [-0.3, -0.25) is 9.59 Å². The summed E-state index contributed by atoms with van der Waals surface area (Å²) in [4.78, 5) is 39.2. The van der Waals surface area contributed by atoms with Crippen LogP contribution in [0.5, 0.6) is 11.5 Å². The molecule has 3 rings (SSSR count). The zero-order valence-electron chi connectivity index (χ0n) is 19.8. The summed E-state index contributed by atoms with van der Waals surface area (Å²) >= 11 is 1.30. The highest BCUT2D eigenvalue weighted by Gasteiger charge is 2.36. The molecule has 1 atom stereocenters. The zero-order valence-corrected chi connectivity index (χ0v) is 20.6. The van der Waals surface area contributed by atoms with Gasteiger partial charge in [0.05, 0.1) is 38.9 Å². The average molecular weight is 488 g/mol. The minimum atomic E-state index is -0.565. The van der Waals surface area contributed by atoms with Gasteiger partial charge in [-0.1, -0.05) is 0 Å². The maximum atomic E-state index is 12.9. The first-order valence-corrected chi connectivity index (χ1v) is 11.9. The third kappa shape index (κ3) is 5.59. The molecule has 1 aromatic heterocycles. The second kappa shape index (κ2) is 11.7. The predicted molar refractivity (Wildman–Crippen MR) is 130 cm³/mol. The Morgan fingerprint density at radius 3 is 2.56 bits per heavy atom. The van der Waals surface area contributed by atoms with E-state index in [4.69, 9.17) is 18.9 Å². The van der Waals surface area contributed by atoms with Crippen molar-refractivity contribution in [2.24, 2.45) is 0 Å². The Kier molecular flexibility index (Phi) is 8.70. The number of benzene rings is 1. The van der Waals surface area contributed by atoms with Crippen LogP contribution >= 0.6 is 11.3 Å². The highest BCUT2D eigenvalue weighted by Crippen LogP contribution is 2.44. The second-order valence-corrected chi connectivity index (χ2v) is 8.60. The van der Waals surface area contributed by atoms with E-state index in [1.54, 1.807) is 52.3 Å². The molecule has 0 bridgehead atoms. The summed E-state index contributed by atoms with van der Waals surface area (Å²) in [6.45, 7) is 3.89. The van der Waals surface area contributed by atoms with Crippen LogP contribution in [0.3, 0.4) is 0 Å². The molecule has 1 amide bonds. The molecule has 8 nitrogen and oxygen atoms in total. The van der Waals surface area contributed by atoms with Crippen molar-refractivity contribution in [1.82, 2.24) is 0 Å². The largest absolute Gasteiger partial charge is 0.497 e. The predicted octanol–water partition coefficient (Wildman–Crippen LogP) is 4.58. The molecule has 0 radical (unpaired) electrons. The molecule has 0 saturated heterocycles. The van der Waals surface area contributed by atoms with E-state index >= 15 is 0 Å². The van der Waals surface area contributed by atoms with Crippen LogP contribution < -0.4 is 14.8 Å². The molecule has 34 heavy (non-hydrogen) atoms. The number of hydrogen-bond donors (Lipinski definition) is 1. The fourth-order valence-electron chi connectivity index (χ4n) is 3.92. The van der Waals surface area contributed by atoms with Crippen LogP contribution in [0.4, 0.5) is 5.00 Å². The number of carbonyl (C=O) groups is 3. The van der Waals surface area contributed by atoms with Crippen molar-refractivity contribution in [1.29, 1.82) is 0 Å². The van der Waals surface area contributed by atoms with Gasteiger partial charge in [0, 0.05) is 16.5 Å². The number of nitrogens with one attached hydrogen (secondary N) is 1. The molecule has 1 aliphatic rings. The van der Waals surface area contributed by atoms with Crippen LogP contribution in [0.15, 0.2) is 24.3 Å². The van der Waals surface area contributed by atoms with E-state index < -0.39 is 17.8 Å². The maximum Gasteiger partial charge on any atom is 0.341 e. The van der Waals surface area contributed by atoms with E-state index in [9.17, 15) is 14.4 Å². The number of rotatable bonds is 9. The summed E-state index contributed by atoms with van der Waals surface area (Å²) < 4.78 is 21.1. The highest BCUT2D eigenvalue weighted by molar-refractivity contribution is 7.17. The van der Waals surface area contributed by atoms with E-state index in [2.05, 4.69) is 5.32 Å². The van der Waals surface area contributed by atoms with Gasteiger partial charge in [0.2, 0.25) is 5.91 Å². The first-order chi connectivity index (χ1) is 16.4. The molecular weight excluding hydrogens is 458 g/mol. The van der Waals surface area contributed by atoms with Crippen molar-refractivity contribution in [3.63, 3.8) is 0 Å². The Labute approximate surface area is 202 Å². The van der Waals surface area contributed by atoms with E-state index in [0.29, 0.717) is 34.0 Å². The van der Waals surface area contributed by atoms with Gasteiger partial charge in [-0.2, -0.15) is 0 Å². The third-order valence-corrected chi connectivity index (χ3v) is 6.59. The molecule has 0 spiro atoms. The van der Waals surface area contributed by atoms with Crippen LogP contribution in [0.25, 0.3) is 6.08 Å². The van der Waals surface area contributed by atoms with Crippen LogP contribution in [-0.2, 0) is 25.5 Å². The minimum absolute atomic E-state index is 0.177. The SMILES string of the molecule is CCOC(=O)c1c(NC(=O)/C=C/c2cc(OC)ccc2OC)sc2c1C(C(=O)OCC)CCC2. The number of carbonyl (C=O) groups excluding carboxylic acids is 3. The molecule has 9 heteroatoms. The third-order valence-electron chi connectivity index (χ3n) is 5.41. The van der Waals surface area contributed by atoms with Gasteiger partial charge in [-0.15, -0.1) is 11.3 Å². The molecule has 0 aliphatic heterocycles. The standard InChI is InChI=1S/C25H29NO7S/c1-5-32-24(28)17-8-7-9-19-21(17)22(25(29)33-6-2)23(34-19)26-20(27)13-10-15-14-16(30-3)11-12-18(15)31-4/h10-14,17H,5-9H2,1-4H3,(H,26,27)/b13-10+. The van der Waals surface area contributed by atoms with Crippen LogP contribution in [-0.4, -0.2) is 45.3 Å². The van der Waals surface area contributed by atoms with Crippen LogP contribution in [0.1, 0.15) is 59.0 Å². The van der Waals surface area contributed by atoms with Crippen LogP contribution in [0.2, 0.25) is 0 Å². The number of ether oxygens (including phenoxy) is 4. The second-order valence-electron chi connectivity index (χ2n) is 7.49. The van der Waals surface area contributed by atoms with Crippen molar-refractivity contribution >= 4 is 40.3 Å². The lowest BCUT2D eigenvalue weighted by Crippen LogP contribution is -2.23. The molecule has 1 aromatic carbocycles. The highest BCUT2D eigenvalue weighted by atomic mass is 32.1. The number of fused-ring (bicyclic) bond motifs is 1. The number of anilines is 1. The molecule has 2 aromatic rings. The number of esters is 2. The van der Waals surface area contributed by atoms with E-state index in [1.807, 2.05) is 0 Å². The van der Waals surface area contributed by atoms with Gasteiger partial charge >= 0.3 is 11.9 Å². The normalized spacial score (nSPS) is 14.9. The lowest BCUT2D eigenvalue weighted by molar-refractivity contribution is -0.145. The molecule has 1 heterocycles. The molecular formula is C25H29NO7S. The molecule has 0 saturated carbocycles. The van der Waals surface area contributed by atoms with Gasteiger partial charge in [-0.05, 0) is 62.9 Å². The van der Waals surface area contributed by atoms with Crippen molar-refractivity contribution in [3.05, 3.63) is 45.8 Å². The summed E-state index contributed by atoms with van der Waals surface area (Å²) in [7, 11) is 3.10. The summed E-state index contributed by atoms with van der Waals surface area (Å²) in [5.41, 5.74) is 1.51. The van der Waals surface area contributed by atoms with E-state index in [-0.39, 0.29) is 24.7 Å². The summed E-state index contributed by atoms with van der Waals surface area (Å²) in [6, 6.07) is 5.26. The van der Waals surface area contributed by atoms with Crippen molar-refractivity contribution in [2.75, 3.05) is 32.8 Å². The van der Waals surface area contributed by atoms with Gasteiger partial charge in [0.25, 0.3) is 0 Å². The summed E-state index contributed by atoms with van der Waals surface area (Å²) in [5, 5.41) is 3.17. The Balaban J connectivity index is 1.93. The molecule has 1 N–H and O–H groups in total. The fraction of sp³-hybridized carbons (Fsp3) is 0.400. The van der Waals surface area contributed by atoms with Gasteiger partial charge in [-0.25, -0.2) is 4.79 Å². The van der Waals surface area contributed by atoms with Crippen LogP contribution in [0, 0.1) is 0 Å². The lowest BCUT2D eigenvalue weighted by Gasteiger charge is -2.22. The monoisotopic (exact) mass is 487 g/mol. The number of hydrogen-bond acceptors (Lipinski definition) is 8. The van der Waals surface area contributed by atoms with Gasteiger partial charge < -0.3 is 24.3 Å². The van der Waals surface area contributed by atoms with E-state index in [0.717, 1.165) is 17.7 Å². The van der Waals surface area contributed by atoms with Gasteiger partial charge in [0.1, 0.15) is 16.5 Å². The molecule has 0 fully saturated rings. The molecule has 1 aliphatic carbocycles. The Morgan fingerprint density at radius 1 is 1.12 bits per heavy atom. The maximum absolute atomic E-state index is 12.9. The Morgan fingerprint density at radius 2 is 1.88 bits per heavy atom. The summed E-state index contributed by atoms with van der Waals surface area (Å²) in [6.07, 6.45) is 5.05. The smallest absolute Gasteiger partial charge is 0.341 e. The van der Waals surface area contributed by atoms with Crippen molar-refractivity contribution in [2.45, 2.75) is 39.0 Å². The van der Waals surface area contributed by atoms with Gasteiger partial charge in [0.15, 0.2) is 0 Å². The average Bonchev–Trinajstić information content (AvgIpc) is 3.20.